The first kappa shape index (κ1) is 18.0. The lowest BCUT2D eigenvalue weighted by Gasteiger charge is -2.10. The van der Waals surface area contributed by atoms with Gasteiger partial charge in [-0.3, -0.25) is 9.59 Å². The summed E-state index contributed by atoms with van der Waals surface area (Å²) in [5, 5.41) is 14.5. The second-order valence-electron chi connectivity index (χ2n) is 5.03. The number of thioether (sulfide) groups is 1. The van der Waals surface area contributed by atoms with Gasteiger partial charge in [0.05, 0.1) is 16.5 Å². The summed E-state index contributed by atoms with van der Waals surface area (Å²) >= 11 is 3.18. The first-order valence-corrected chi connectivity index (χ1v) is 8.98. The molecule has 1 heterocycles. The van der Waals surface area contributed by atoms with Gasteiger partial charge in [0, 0.05) is 24.1 Å². The highest BCUT2D eigenvalue weighted by Crippen LogP contribution is 2.15. The third kappa shape index (κ3) is 8.72. The molecule has 0 fully saturated rings. The number of amides is 1. The number of hydrogen-bond acceptors (Lipinski definition) is 5. The summed E-state index contributed by atoms with van der Waals surface area (Å²) in [6.07, 6.45) is 1.66. The SMILES string of the molecule is Cc1nc(CSCC(=O)NCCC(C)CCC(=O)O)cs1. The maximum Gasteiger partial charge on any atom is 0.303 e. The fraction of sp³-hybridized carbons (Fsp3) is 0.643. The van der Waals surface area contributed by atoms with Crippen LogP contribution in [-0.2, 0) is 15.3 Å². The third-order valence-electron chi connectivity index (χ3n) is 2.96. The van der Waals surface area contributed by atoms with Gasteiger partial charge >= 0.3 is 5.97 Å². The number of thiazole rings is 1. The average Bonchev–Trinajstić information content (AvgIpc) is 2.82. The molecule has 0 spiro atoms. The van der Waals surface area contributed by atoms with Gasteiger partial charge in [-0.1, -0.05) is 6.92 Å². The number of carbonyl (C=O) groups is 2. The molecule has 1 rings (SSSR count). The number of carbonyl (C=O) groups excluding carboxylic acids is 1. The minimum atomic E-state index is -0.764. The van der Waals surface area contributed by atoms with Gasteiger partial charge in [0.2, 0.25) is 5.91 Å². The van der Waals surface area contributed by atoms with Gasteiger partial charge in [-0.25, -0.2) is 4.98 Å². The number of aryl methyl sites for hydroxylation is 1. The van der Waals surface area contributed by atoms with Gasteiger partial charge < -0.3 is 10.4 Å². The standard InChI is InChI=1S/C14H22N2O3S2/c1-10(3-4-14(18)19)5-6-15-13(17)9-20-7-12-8-21-11(2)16-12/h8,10H,3-7,9H2,1-2H3,(H,15,17)(H,18,19). The second kappa shape index (κ2) is 9.78. The molecule has 0 aliphatic rings. The number of nitrogens with one attached hydrogen (secondary N) is 1. The van der Waals surface area contributed by atoms with Crippen LogP contribution in [0.4, 0.5) is 0 Å². The van der Waals surface area contributed by atoms with Crippen LogP contribution in [0.25, 0.3) is 0 Å². The summed E-state index contributed by atoms with van der Waals surface area (Å²) in [6, 6.07) is 0. The van der Waals surface area contributed by atoms with E-state index in [1.165, 1.54) is 0 Å². The van der Waals surface area contributed by atoms with E-state index in [1.54, 1.807) is 23.1 Å². The van der Waals surface area contributed by atoms with Crippen molar-refractivity contribution in [3.05, 3.63) is 16.1 Å². The van der Waals surface area contributed by atoms with Crippen LogP contribution < -0.4 is 5.32 Å². The number of aliphatic carboxylic acids is 1. The highest BCUT2D eigenvalue weighted by atomic mass is 32.2. The van der Waals surface area contributed by atoms with Crippen LogP contribution in [-0.4, -0.2) is 34.3 Å². The van der Waals surface area contributed by atoms with Crippen LogP contribution in [0.15, 0.2) is 5.38 Å². The molecule has 21 heavy (non-hydrogen) atoms. The molecular formula is C14H22N2O3S2. The van der Waals surface area contributed by atoms with Crippen molar-refractivity contribution in [3.8, 4) is 0 Å². The van der Waals surface area contributed by atoms with Crippen molar-refractivity contribution in [2.24, 2.45) is 5.92 Å². The van der Waals surface area contributed by atoms with Gasteiger partial charge in [0.25, 0.3) is 0 Å². The van der Waals surface area contributed by atoms with E-state index >= 15 is 0 Å². The van der Waals surface area contributed by atoms with E-state index < -0.39 is 5.97 Å². The molecule has 1 atom stereocenters. The molecule has 0 saturated carbocycles. The van der Waals surface area contributed by atoms with Gasteiger partial charge in [0.1, 0.15) is 0 Å². The highest BCUT2D eigenvalue weighted by molar-refractivity contribution is 7.99. The van der Waals surface area contributed by atoms with Crippen molar-refractivity contribution in [1.82, 2.24) is 10.3 Å². The van der Waals surface area contributed by atoms with Crippen LogP contribution in [0.5, 0.6) is 0 Å². The number of rotatable bonds is 10. The van der Waals surface area contributed by atoms with Crippen molar-refractivity contribution in [3.63, 3.8) is 0 Å². The third-order valence-corrected chi connectivity index (χ3v) is 4.75. The van der Waals surface area contributed by atoms with Crippen LogP contribution in [0, 0.1) is 12.8 Å². The molecule has 0 aromatic carbocycles. The fourth-order valence-electron chi connectivity index (χ4n) is 1.75. The average molecular weight is 330 g/mol. The molecule has 0 saturated heterocycles. The molecule has 1 amide bonds. The minimum absolute atomic E-state index is 0.0254. The summed E-state index contributed by atoms with van der Waals surface area (Å²) in [6.45, 7) is 4.58. The lowest BCUT2D eigenvalue weighted by atomic mass is 10.0. The summed E-state index contributed by atoms with van der Waals surface area (Å²) in [5.41, 5.74) is 1.03. The summed E-state index contributed by atoms with van der Waals surface area (Å²) < 4.78 is 0. The van der Waals surface area contributed by atoms with Crippen LogP contribution in [0.3, 0.4) is 0 Å². The van der Waals surface area contributed by atoms with Gasteiger partial charge in [0.15, 0.2) is 0 Å². The minimum Gasteiger partial charge on any atom is -0.481 e. The zero-order valence-electron chi connectivity index (χ0n) is 12.4. The van der Waals surface area contributed by atoms with E-state index in [2.05, 4.69) is 10.3 Å². The van der Waals surface area contributed by atoms with E-state index in [1.807, 2.05) is 19.2 Å². The van der Waals surface area contributed by atoms with Gasteiger partial charge in [-0.05, 0) is 25.7 Å². The Morgan fingerprint density at radius 3 is 2.86 bits per heavy atom. The highest BCUT2D eigenvalue weighted by Gasteiger charge is 2.07. The molecule has 118 valence electrons. The van der Waals surface area contributed by atoms with Crippen molar-refractivity contribution in [2.75, 3.05) is 12.3 Å². The molecule has 0 bridgehead atoms. The Morgan fingerprint density at radius 1 is 1.48 bits per heavy atom. The molecule has 0 radical (unpaired) electrons. The maximum absolute atomic E-state index is 11.6. The van der Waals surface area contributed by atoms with Crippen molar-refractivity contribution >= 4 is 35.0 Å². The van der Waals surface area contributed by atoms with Crippen LogP contribution in [0.1, 0.15) is 36.9 Å². The van der Waals surface area contributed by atoms with E-state index in [4.69, 9.17) is 5.11 Å². The van der Waals surface area contributed by atoms with Crippen LogP contribution in [0.2, 0.25) is 0 Å². The Kier molecular flexibility index (Phi) is 8.37. The number of carboxylic acids is 1. The molecule has 1 aromatic rings. The molecule has 0 aliphatic carbocycles. The summed E-state index contributed by atoms with van der Waals surface area (Å²) in [7, 11) is 0. The van der Waals surface area contributed by atoms with E-state index in [9.17, 15) is 9.59 Å². The topological polar surface area (TPSA) is 79.3 Å². The number of aromatic nitrogens is 1. The zero-order valence-corrected chi connectivity index (χ0v) is 14.1. The Balaban J connectivity index is 2.04. The Morgan fingerprint density at radius 2 is 2.24 bits per heavy atom. The summed E-state index contributed by atoms with van der Waals surface area (Å²) in [5.74, 6) is 0.760. The quantitative estimate of drug-likeness (QED) is 0.689. The predicted molar refractivity (Wildman–Crippen MR) is 86.7 cm³/mol. The van der Waals surface area contributed by atoms with E-state index in [-0.39, 0.29) is 12.3 Å². The van der Waals surface area contributed by atoms with Crippen molar-refractivity contribution < 1.29 is 14.7 Å². The molecule has 7 heteroatoms. The molecule has 1 aromatic heterocycles. The normalized spacial score (nSPS) is 12.1. The monoisotopic (exact) mass is 330 g/mol. The van der Waals surface area contributed by atoms with E-state index in [0.717, 1.165) is 22.9 Å². The Hall–Kier alpha value is -1.08. The van der Waals surface area contributed by atoms with Gasteiger partial charge in [-0.15, -0.1) is 23.1 Å². The summed E-state index contributed by atoms with van der Waals surface area (Å²) in [4.78, 5) is 26.4. The smallest absolute Gasteiger partial charge is 0.303 e. The molecule has 0 aliphatic heterocycles. The number of nitrogens with zero attached hydrogens (tertiary/aromatic N) is 1. The molecule has 2 N–H and O–H groups in total. The zero-order chi connectivity index (χ0) is 15.7. The largest absolute Gasteiger partial charge is 0.481 e. The number of hydrogen-bond donors (Lipinski definition) is 2. The Bertz CT molecular complexity index is 463. The van der Waals surface area contributed by atoms with Gasteiger partial charge in [-0.2, -0.15) is 0 Å². The molecular weight excluding hydrogens is 308 g/mol. The van der Waals surface area contributed by atoms with Crippen molar-refractivity contribution in [2.45, 2.75) is 38.9 Å². The first-order chi connectivity index (χ1) is 9.97. The lowest BCUT2D eigenvalue weighted by Crippen LogP contribution is -2.27. The maximum atomic E-state index is 11.6. The van der Waals surface area contributed by atoms with E-state index in [0.29, 0.717) is 24.6 Å². The second-order valence-corrected chi connectivity index (χ2v) is 7.07. The molecule has 1 unspecified atom stereocenters. The molecule has 5 nitrogen and oxygen atoms in total. The van der Waals surface area contributed by atoms with Crippen LogP contribution >= 0.6 is 23.1 Å². The lowest BCUT2D eigenvalue weighted by molar-refractivity contribution is -0.137. The first-order valence-electron chi connectivity index (χ1n) is 6.94. The Labute approximate surface area is 133 Å². The predicted octanol–water partition coefficient (Wildman–Crippen LogP) is 2.69. The number of carboxylic acid groups (broad SMARTS) is 1. The fourth-order valence-corrected chi connectivity index (χ4v) is 3.21. The van der Waals surface area contributed by atoms with Crippen molar-refractivity contribution in [1.29, 1.82) is 0 Å².